The molecule has 144 valence electrons. The van der Waals surface area contributed by atoms with Crippen LogP contribution in [0, 0.1) is 0 Å². The number of carboxylic acid groups (broad SMARTS) is 1. The van der Waals surface area contributed by atoms with Gasteiger partial charge in [0, 0.05) is 16.2 Å². The highest BCUT2D eigenvalue weighted by molar-refractivity contribution is 8.00. The summed E-state index contributed by atoms with van der Waals surface area (Å²) in [6, 6.07) is 2.82. The molecule has 11 heteroatoms. The lowest BCUT2D eigenvalue weighted by atomic mass is 10.0. The first-order valence-electron chi connectivity index (χ1n) is 7.85. The molecule has 2 N–H and O–H groups in total. The van der Waals surface area contributed by atoms with E-state index in [4.69, 9.17) is 0 Å². The number of carboxylic acids is 1. The molecule has 0 radical (unpaired) electrons. The number of nitrogens with zero attached hydrogens (tertiary/aromatic N) is 1. The van der Waals surface area contributed by atoms with Crippen molar-refractivity contribution in [2.75, 3.05) is 19.0 Å². The molecule has 0 spiro atoms. The summed E-state index contributed by atoms with van der Waals surface area (Å²) in [7, 11) is 0. The van der Waals surface area contributed by atoms with Gasteiger partial charge in [0.1, 0.15) is 23.7 Å². The zero-order valence-corrected chi connectivity index (χ0v) is 15.5. The van der Waals surface area contributed by atoms with Crippen LogP contribution in [0.1, 0.15) is 4.88 Å². The van der Waals surface area contributed by atoms with Crippen LogP contribution in [-0.2, 0) is 30.3 Å². The van der Waals surface area contributed by atoms with Crippen molar-refractivity contribution in [3.05, 3.63) is 33.7 Å². The Labute approximate surface area is 161 Å². The standard InChI is InChI=1S/C16H15FN2O6S2/c17-5-11(21)25-6-8-7-27-15-12(14(22)19(15)13(8)16(23)24)18-10(20)4-9-2-1-3-26-9/h1-3,12,15H,4-7H2,(H,18,20)(H,23,24)/t12-,15-/m1/s1. The Kier molecular flexibility index (Phi) is 5.80. The van der Waals surface area contributed by atoms with Crippen molar-refractivity contribution < 1.29 is 33.4 Å². The molecular formula is C16H15FN2O6S2. The monoisotopic (exact) mass is 414 g/mol. The van der Waals surface area contributed by atoms with Crippen LogP contribution in [0.2, 0.25) is 0 Å². The first-order valence-corrected chi connectivity index (χ1v) is 9.78. The number of carbonyl (C=O) groups excluding carboxylic acids is 3. The van der Waals surface area contributed by atoms with Crippen LogP contribution in [0.3, 0.4) is 0 Å². The van der Waals surface area contributed by atoms with Crippen LogP contribution >= 0.6 is 23.1 Å². The fourth-order valence-corrected chi connectivity index (χ4v) is 4.83. The Hall–Kier alpha value is -2.40. The van der Waals surface area contributed by atoms with Gasteiger partial charge < -0.3 is 15.2 Å². The minimum Gasteiger partial charge on any atom is -0.477 e. The van der Waals surface area contributed by atoms with Gasteiger partial charge in [-0.25, -0.2) is 14.0 Å². The van der Waals surface area contributed by atoms with E-state index in [9.17, 15) is 28.7 Å². The zero-order chi connectivity index (χ0) is 19.6. The Morgan fingerprint density at radius 2 is 2.19 bits per heavy atom. The van der Waals surface area contributed by atoms with Crippen LogP contribution in [0.25, 0.3) is 0 Å². The number of thioether (sulfide) groups is 1. The summed E-state index contributed by atoms with van der Waals surface area (Å²) >= 11 is 2.68. The number of hydrogen-bond acceptors (Lipinski definition) is 7. The van der Waals surface area contributed by atoms with Gasteiger partial charge in [-0.1, -0.05) is 6.07 Å². The number of nitrogens with one attached hydrogen (secondary N) is 1. The van der Waals surface area contributed by atoms with Gasteiger partial charge in [0.05, 0.1) is 6.42 Å². The third-order valence-corrected chi connectivity index (χ3v) is 6.21. The van der Waals surface area contributed by atoms with E-state index >= 15 is 0 Å². The number of amides is 2. The number of alkyl halides is 1. The highest BCUT2D eigenvalue weighted by atomic mass is 32.2. The normalized spacial score (nSPS) is 21.4. The van der Waals surface area contributed by atoms with E-state index in [2.05, 4.69) is 10.1 Å². The molecule has 0 aliphatic carbocycles. The summed E-state index contributed by atoms with van der Waals surface area (Å²) in [4.78, 5) is 49.0. The van der Waals surface area contributed by atoms with E-state index in [1.54, 1.807) is 0 Å². The molecule has 2 amide bonds. The maximum absolute atomic E-state index is 12.4. The van der Waals surface area contributed by atoms with Gasteiger partial charge >= 0.3 is 11.9 Å². The molecule has 1 saturated heterocycles. The van der Waals surface area contributed by atoms with Crippen molar-refractivity contribution in [2.45, 2.75) is 17.8 Å². The van der Waals surface area contributed by atoms with Crippen molar-refractivity contribution in [3.8, 4) is 0 Å². The SMILES string of the molecule is O=C(Cc1cccs1)N[C@@H]1C(=O)N2C(C(=O)O)=C(COC(=O)CF)CS[C@H]12. The summed E-state index contributed by atoms with van der Waals surface area (Å²) in [6.07, 6.45) is 0.144. The maximum atomic E-state index is 12.4. The van der Waals surface area contributed by atoms with E-state index in [-0.39, 0.29) is 29.4 Å². The number of thiophene rings is 1. The Balaban J connectivity index is 1.68. The fraction of sp³-hybridized carbons (Fsp3) is 0.375. The minimum atomic E-state index is -1.34. The molecule has 2 aliphatic heterocycles. The molecule has 3 rings (SSSR count). The molecule has 1 aromatic rings. The summed E-state index contributed by atoms with van der Waals surface area (Å²) < 4.78 is 16.8. The maximum Gasteiger partial charge on any atom is 0.352 e. The Morgan fingerprint density at radius 1 is 1.41 bits per heavy atom. The summed E-state index contributed by atoms with van der Waals surface area (Å²) in [5.41, 5.74) is -0.0681. The number of aliphatic carboxylic acids is 1. The van der Waals surface area contributed by atoms with Gasteiger partial charge in [-0.05, 0) is 11.4 Å². The number of rotatable bonds is 7. The van der Waals surface area contributed by atoms with E-state index < -0.39 is 42.5 Å². The molecule has 0 unspecified atom stereocenters. The minimum absolute atomic E-state index is 0.144. The molecule has 0 aromatic carbocycles. The van der Waals surface area contributed by atoms with Crippen LogP contribution in [0.15, 0.2) is 28.8 Å². The van der Waals surface area contributed by atoms with E-state index in [1.165, 1.54) is 23.1 Å². The van der Waals surface area contributed by atoms with Crippen LogP contribution in [0.4, 0.5) is 4.39 Å². The van der Waals surface area contributed by atoms with Crippen LogP contribution in [-0.4, -0.2) is 64.2 Å². The van der Waals surface area contributed by atoms with E-state index in [0.717, 1.165) is 9.78 Å². The molecule has 1 aromatic heterocycles. The zero-order valence-electron chi connectivity index (χ0n) is 13.8. The topological polar surface area (TPSA) is 113 Å². The molecule has 2 atom stereocenters. The number of halogens is 1. The second kappa shape index (κ2) is 8.09. The number of esters is 1. The third-order valence-electron chi connectivity index (χ3n) is 4.00. The van der Waals surface area contributed by atoms with E-state index in [0.29, 0.717) is 0 Å². The lowest BCUT2D eigenvalue weighted by Gasteiger charge is -2.49. The molecule has 27 heavy (non-hydrogen) atoms. The first kappa shape index (κ1) is 19.4. The largest absolute Gasteiger partial charge is 0.477 e. The van der Waals surface area contributed by atoms with E-state index in [1.807, 2.05) is 17.5 Å². The second-order valence-electron chi connectivity index (χ2n) is 5.76. The van der Waals surface area contributed by atoms with Gasteiger partial charge in [0.15, 0.2) is 6.67 Å². The lowest BCUT2D eigenvalue weighted by Crippen LogP contribution is -2.70. The second-order valence-corrected chi connectivity index (χ2v) is 7.90. The van der Waals surface area contributed by atoms with Crippen LogP contribution in [0.5, 0.6) is 0 Å². The van der Waals surface area contributed by atoms with Crippen molar-refractivity contribution in [1.29, 1.82) is 0 Å². The number of fused-ring (bicyclic) bond motifs is 1. The molecular weight excluding hydrogens is 399 g/mol. The molecule has 0 bridgehead atoms. The van der Waals surface area contributed by atoms with Gasteiger partial charge in [0.25, 0.3) is 5.91 Å². The molecule has 3 heterocycles. The van der Waals surface area contributed by atoms with Gasteiger partial charge in [-0.15, -0.1) is 23.1 Å². The Bertz CT molecular complexity index is 810. The van der Waals surface area contributed by atoms with Gasteiger partial charge in [-0.3, -0.25) is 14.5 Å². The highest BCUT2D eigenvalue weighted by Gasteiger charge is 2.54. The highest BCUT2D eigenvalue weighted by Crippen LogP contribution is 2.40. The quantitative estimate of drug-likeness (QED) is 0.495. The number of ether oxygens (including phenoxy) is 1. The lowest BCUT2D eigenvalue weighted by molar-refractivity contribution is -0.151. The predicted molar refractivity (Wildman–Crippen MR) is 94.6 cm³/mol. The molecule has 2 aliphatic rings. The number of carbonyl (C=O) groups is 4. The summed E-state index contributed by atoms with van der Waals surface area (Å²) in [5, 5.41) is 13.4. The number of hydrogen-bond donors (Lipinski definition) is 2. The first-order chi connectivity index (χ1) is 12.9. The molecule has 0 saturated carbocycles. The molecule has 8 nitrogen and oxygen atoms in total. The summed E-state index contributed by atoms with van der Waals surface area (Å²) in [6.45, 7) is -1.71. The van der Waals surface area contributed by atoms with Crippen molar-refractivity contribution in [2.24, 2.45) is 0 Å². The fourth-order valence-electron chi connectivity index (χ4n) is 2.80. The van der Waals surface area contributed by atoms with Crippen molar-refractivity contribution in [3.63, 3.8) is 0 Å². The average molecular weight is 414 g/mol. The third kappa shape index (κ3) is 3.98. The summed E-state index contributed by atoms with van der Waals surface area (Å²) in [5.74, 6) is -3.12. The molecule has 1 fully saturated rings. The van der Waals surface area contributed by atoms with Crippen molar-refractivity contribution in [1.82, 2.24) is 10.2 Å². The van der Waals surface area contributed by atoms with Crippen molar-refractivity contribution >= 4 is 46.9 Å². The van der Waals surface area contributed by atoms with Gasteiger partial charge in [0.2, 0.25) is 5.91 Å². The van der Waals surface area contributed by atoms with Crippen LogP contribution < -0.4 is 5.32 Å². The average Bonchev–Trinajstić information content (AvgIpc) is 3.15. The smallest absolute Gasteiger partial charge is 0.352 e. The van der Waals surface area contributed by atoms with Gasteiger partial charge in [-0.2, -0.15) is 0 Å². The predicted octanol–water partition coefficient (Wildman–Crippen LogP) is 0.542. The Morgan fingerprint density at radius 3 is 2.81 bits per heavy atom. The number of β-lactam (4-membered cyclic amide) rings is 1.